The first-order chi connectivity index (χ1) is 12.9. The Hall–Kier alpha value is -2.95. The van der Waals surface area contributed by atoms with Crippen LogP contribution in [0, 0.1) is 19.7 Å². The van der Waals surface area contributed by atoms with Gasteiger partial charge >= 0.3 is 0 Å². The van der Waals surface area contributed by atoms with Gasteiger partial charge in [-0.25, -0.2) is 4.39 Å². The number of benzene rings is 2. The van der Waals surface area contributed by atoms with Crippen LogP contribution < -0.4 is 5.56 Å². The van der Waals surface area contributed by atoms with Gasteiger partial charge in [0.15, 0.2) is 0 Å². The second kappa shape index (κ2) is 6.65. The molecule has 5 heteroatoms. The van der Waals surface area contributed by atoms with E-state index in [1.54, 1.807) is 11.0 Å². The number of pyridine rings is 1. The minimum absolute atomic E-state index is 0.107. The van der Waals surface area contributed by atoms with E-state index in [0.717, 1.165) is 34.9 Å². The third-order valence-electron chi connectivity index (χ3n) is 5.03. The summed E-state index contributed by atoms with van der Waals surface area (Å²) in [6.07, 6.45) is 1.81. The van der Waals surface area contributed by atoms with Crippen molar-refractivity contribution in [2.24, 2.45) is 0 Å². The Morgan fingerprint density at radius 1 is 1.19 bits per heavy atom. The molecule has 0 aliphatic heterocycles. The van der Waals surface area contributed by atoms with Gasteiger partial charge in [-0.15, -0.1) is 0 Å². The Labute approximate surface area is 156 Å². The fraction of sp³-hybridized carbons (Fsp3) is 0.273. The van der Waals surface area contributed by atoms with Gasteiger partial charge in [-0.05, 0) is 68.0 Å². The van der Waals surface area contributed by atoms with E-state index in [1.807, 2.05) is 32.0 Å². The van der Waals surface area contributed by atoms with Gasteiger partial charge in [0, 0.05) is 17.2 Å². The summed E-state index contributed by atoms with van der Waals surface area (Å²) in [7, 11) is 0. The molecule has 0 saturated heterocycles. The zero-order chi connectivity index (χ0) is 19.1. The third-order valence-corrected chi connectivity index (χ3v) is 5.03. The smallest absolute Gasteiger partial charge is 0.254 e. The number of aryl methyl sites for hydroxylation is 2. The highest BCUT2D eigenvalue weighted by atomic mass is 19.1. The highest BCUT2D eigenvalue weighted by Crippen LogP contribution is 2.30. The predicted molar refractivity (Wildman–Crippen MR) is 103 cm³/mol. The largest absolute Gasteiger partial charge is 0.331 e. The number of halogens is 1. The van der Waals surface area contributed by atoms with Gasteiger partial charge in [0.25, 0.3) is 11.5 Å². The van der Waals surface area contributed by atoms with Crippen molar-refractivity contribution in [3.05, 3.63) is 80.9 Å². The quantitative estimate of drug-likeness (QED) is 0.758. The number of aromatic amines is 1. The van der Waals surface area contributed by atoms with Gasteiger partial charge in [-0.2, -0.15) is 0 Å². The summed E-state index contributed by atoms with van der Waals surface area (Å²) in [5.41, 5.74) is 3.63. The number of aromatic nitrogens is 1. The van der Waals surface area contributed by atoms with Crippen molar-refractivity contribution >= 4 is 16.8 Å². The standard InChI is InChI=1S/C22H21FN2O2/c1-13-8-14(2)20-16(9-13)10-17(21(26)24-20)12-25(19-6-7-19)22(27)15-4-3-5-18(23)11-15/h3-5,8-11,19H,6-7,12H2,1-2H3,(H,24,26). The van der Waals surface area contributed by atoms with Gasteiger partial charge in [0.2, 0.25) is 0 Å². The molecule has 1 aromatic heterocycles. The maximum Gasteiger partial charge on any atom is 0.254 e. The van der Waals surface area contributed by atoms with E-state index in [9.17, 15) is 14.0 Å². The van der Waals surface area contributed by atoms with Crippen LogP contribution in [0.25, 0.3) is 10.9 Å². The average Bonchev–Trinajstić information content (AvgIpc) is 3.45. The van der Waals surface area contributed by atoms with Crippen LogP contribution in [0.3, 0.4) is 0 Å². The monoisotopic (exact) mass is 364 g/mol. The molecule has 0 bridgehead atoms. The van der Waals surface area contributed by atoms with Crippen LogP contribution in [0.5, 0.6) is 0 Å². The molecule has 0 unspecified atom stereocenters. The lowest BCUT2D eigenvalue weighted by molar-refractivity contribution is 0.0729. The molecule has 4 nitrogen and oxygen atoms in total. The van der Waals surface area contributed by atoms with Gasteiger partial charge in [0.1, 0.15) is 5.82 Å². The minimum atomic E-state index is -0.439. The lowest BCUT2D eigenvalue weighted by Crippen LogP contribution is -2.34. The van der Waals surface area contributed by atoms with Gasteiger partial charge in [-0.3, -0.25) is 9.59 Å². The molecule has 1 amide bonds. The molecular weight excluding hydrogens is 343 g/mol. The van der Waals surface area contributed by atoms with Crippen molar-refractivity contribution in [3.8, 4) is 0 Å². The lowest BCUT2D eigenvalue weighted by atomic mass is 10.0. The van der Waals surface area contributed by atoms with Crippen LogP contribution in [0.4, 0.5) is 4.39 Å². The molecule has 0 atom stereocenters. The number of carbonyl (C=O) groups is 1. The maximum atomic E-state index is 13.5. The molecule has 2 aromatic carbocycles. The fourth-order valence-corrected chi connectivity index (χ4v) is 3.57. The summed E-state index contributed by atoms with van der Waals surface area (Å²) in [5.74, 6) is -0.678. The first kappa shape index (κ1) is 17.5. The Morgan fingerprint density at radius 2 is 1.96 bits per heavy atom. The molecular formula is C22H21FN2O2. The van der Waals surface area contributed by atoms with Crippen LogP contribution in [-0.4, -0.2) is 21.8 Å². The lowest BCUT2D eigenvalue weighted by Gasteiger charge is -2.22. The Kier molecular flexibility index (Phi) is 4.30. The summed E-state index contributed by atoms with van der Waals surface area (Å²) in [6, 6.07) is 11.7. The molecule has 27 heavy (non-hydrogen) atoms. The summed E-state index contributed by atoms with van der Waals surface area (Å²) in [5, 5.41) is 0.955. The summed E-state index contributed by atoms with van der Waals surface area (Å²) in [4.78, 5) is 30.2. The normalized spacial score (nSPS) is 13.7. The van der Waals surface area contributed by atoms with Crippen LogP contribution in [0.1, 0.15) is 39.9 Å². The zero-order valence-electron chi connectivity index (χ0n) is 15.4. The number of rotatable bonds is 4. The summed E-state index contributed by atoms with van der Waals surface area (Å²) in [6.45, 7) is 4.20. The van der Waals surface area contributed by atoms with Crippen LogP contribution >= 0.6 is 0 Å². The van der Waals surface area contributed by atoms with Crippen LogP contribution in [0.2, 0.25) is 0 Å². The van der Waals surface area contributed by atoms with E-state index in [-0.39, 0.29) is 24.1 Å². The van der Waals surface area contributed by atoms with E-state index in [2.05, 4.69) is 4.98 Å². The number of carbonyl (C=O) groups excluding carboxylic acids is 1. The molecule has 3 aromatic rings. The fourth-order valence-electron chi connectivity index (χ4n) is 3.57. The van der Waals surface area contributed by atoms with Crippen molar-refractivity contribution < 1.29 is 9.18 Å². The number of hydrogen-bond donors (Lipinski definition) is 1. The highest BCUT2D eigenvalue weighted by Gasteiger charge is 2.33. The van der Waals surface area contributed by atoms with Crippen molar-refractivity contribution in [2.75, 3.05) is 0 Å². The summed E-state index contributed by atoms with van der Waals surface area (Å²) < 4.78 is 13.5. The maximum absolute atomic E-state index is 13.5. The average molecular weight is 364 g/mol. The molecule has 1 N–H and O–H groups in total. The van der Waals surface area contributed by atoms with Gasteiger partial charge in [-0.1, -0.05) is 17.7 Å². The van der Waals surface area contributed by atoms with Crippen molar-refractivity contribution in [1.29, 1.82) is 0 Å². The SMILES string of the molecule is Cc1cc(C)c2[nH]c(=O)c(CN(C(=O)c3cccc(F)c3)C3CC3)cc2c1. The molecule has 1 aliphatic rings. The molecule has 1 heterocycles. The van der Waals surface area contributed by atoms with Crippen molar-refractivity contribution in [3.63, 3.8) is 0 Å². The zero-order valence-corrected chi connectivity index (χ0v) is 15.4. The Balaban J connectivity index is 1.71. The number of nitrogens with zero attached hydrogens (tertiary/aromatic N) is 1. The number of hydrogen-bond acceptors (Lipinski definition) is 2. The minimum Gasteiger partial charge on any atom is -0.331 e. The van der Waals surface area contributed by atoms with Crippen LogP contribution in [-0.2, 0) is 6.54 Å². The van der Waals surface area contributed by atoms with E-state index < -0.39 is 5.82 Å². The second-order valence-electron chi connectivity index (χ2n) is 7.34. The van der Waals surface area contributed by atoms with E-state index in [0.29, 0.717) is 11.1 Å². The van der Waals surface area contributed by atoms with E-state index in [1.165, 1.54) is 18.2 Å². The van der Waals surface area contributed by atoms with Crippen molar-refractivity contribution in [2.45, 2.75) is 39.3 Å². The first-order valence-corrected chi connectivity index (χ1v) is 9.12. The Bertz CT molecular complexity index is 1100. The Morgan fingerprint density at radius 3 is 2.67 bits per heavy atom. The van der Waals surface area contributed by atoms with E-state index in [4.69, 9.17) is 0 Å². The highest BCUT2D eigenvalue weighted by molar-refractivity contribution is 5.94. The second-order valence-corrected chi connectivity index (χ2v) is 7.34. The molecule has 1 saturated carbocycles. The van der Waals surface area contributed by atoms with Crippen molar-refractivity contribution in [1.82, 2.24) is 9.88 Å². The predicted octanol–water partition coefficient (Wildman–Crippen LogP) is 4.09. The van der Waals surface area contributed by atoms with Gasteiger partial charge in [0.05, 0.1) is 12.1 Å². The number of amides is 1. The number of H-pyrrole nitrogens is 1. The third kappa shape index (κ3) is 3.50. The molecule has 138 valence electrons. The molecule has 0 spiro atoms. The van der Waals surface area contributed by atoms with Crippen LogP contribution in [0.15, 0.2) is 47.3 Å². The number of fused-ring (bicyclic) bond motifs is 1. The van der Waals surface area contributed by atoms with E-state index >= 15 is 0 Å². The topological polar surface area (TPSA) is 53.2 Å². The summed E-state index contributed by atoms with van der Waals surface area (Å²) >= 11 is 0. The molecule has 1 fully saturated rings. The molecule has 0 radical (unpaired) electrons. The first-order valence-electron chi connectivity index (χ1n) is 9.12. The number of nitrogens with one attached hydrogen (secondary N) is 1. The molecule has 4 rings (SSSR count). The molecule has 1 aliphatic carbocycles. The van der Waals surface area contributed by atoms with Gasteiger partial charge < -0.3 is 9.88 Å².